The Bertz CT molecular complexity index is 1920. The number of thiocarbonyl (C=S) groups is 1. The number of carbonyl (C=O) groups is 4. The lowest BCUT2D eigenvalue weighted by atomic mass is 9.87. The first-order chi connectivity index (χ1) is 20.8. The number of oxime groups is 1. The number of carboxylic acids is 2. The minimum atomic E-state index is -1.90. The van der Waals surface area contributed by atoms with E-state index in [1.54, 1.807) is 0 Å². The first-order valence-electron chi connectivity index (χ1n) is 11.8. The molecule has 2 aromatic heterocycles. The number of aromatic hydroxyl groups is 2. The molecule has 4 heterocycles. The van der Waals surface area contributed by atoms with E-state index in [4.69, 9.17) is 39.5 Å². The normalized spacial score (nSPS) is 19.8. The van der Waals surface area contributed by atoms with Gasteiger partial charge < -0.3 is 36.3 Å². The van der Waals surface area contributed by atoms with Crippen molar-refractivity contribution in [2.45, 2.75) is 10.9 Å². The minimum Gasteiger partial charge on any atom is -0.504 e. The van der Waals surface area contributed by atoms with Gasteiger partial charge in [0, 0.05) is 38.4 Å². The lowest BCUT2D eigenvalue weighted by Gasteiger charge is -2.55. The molecule has 7 N–H and O–H groups in total. The van der Waals surface area contributed by atoms with E-state index in [2.05, 4.69) is 15.5 Å². The molecule has 0 radical (unpaired) electrons. The third kappa shape index (κ3) is 5.11. The molecule has 228 valence electrons. The fourth-order valence-corrected chi connectivity index (χ4v) is 8.32. The Kier molecular flexibility index (Phi) is 8.25. The van der Waals surface area contributed by atoms with Crippen molar-refractivity contribution in [2.24, 2.45) is 5.16 Å². The van der Waals surface area contributed by atoms with Crippen molar-refractivity contribution in [3.8, 4) is 11.5 Å². The number of amides is 2. The van der Waals surface area contributed by atoms with Gasteiger partial charge >= 0.3 is 11.9 Å². The maximum atomic E-state index is 13.6. The number of rotatable bonds is 9. The number of aromatic nitrogens is 1. The van der Waals surface area contributed by atoms with Crippen LogP contribution in [0.25, 0.3) is 15.7 Å². The van der Waals surface area contributed by atoms with Gasteiger partial charge in [-0.25, -0.2) is 14.6 Å². The molecule has 2 atom stereocenters. The summed E-state index contributed by atoms with van der Waals surface area (Å²) in [4.78, 5) is 73.0. The van der Waals surface area contributed by atoms with Gasteiger partial charge in [0.15, 0.2) is 33.3 Å². The Morgan fingerprint density at radius 2 is 2.02 bits per heavy atom. The van der Waals surface area contributed by atoms with Crippen LogP contribution in [0.4, 0.5) is 5.13 Å². The number of anilines is 1. The largest absolute Gasteiger partial charge is 0.504 e. The van der Waals surface area contributed by atoms with Gasteiger partial charge in [0.2, 0.25) is 6.61 Å². The smallest absolute Gasteiger partial charge is 0.353 e. The minimum absolute atomic E-state index is 0.00741. The molecule has 0 saturated carbocycles. The number of β-lactam (4-membered cyclic amide) rings is 1. The number of nitrogens with one attached hydrogen (secondary N) is 1. The molecule has 0 unspecified atom stereocenters. The van der Waals surface area contributed by atoms with Gasteiger partial charge in [-0.15, -0.1) is 34.4 Å². The van der Waals surface area contributed by atoms with Gasteiger partial charge in [0.05, 0.1) is 4.70 Å². The maximum absolute atomic E-state index is 13.6. The summed E-state index contributed by atoms with van der Waals surface area (Å²) in [7, 11) is 0. The number of carbonyl (C=O) groups excluding carboxylic acids is 2. The van der Waals surface area contributed by atoms with E-state index in [1.807, 2.05) is 0 Å². The number of halogens is 1. The fraction of sp³-hybridized carbons (Fsp3) is 0.167. The zero-order chi connectivity index (χ0) is 32.1. The van der Waals surface area contributed by atoms with Crippen LogP contribution < -0.4 is 16.5 Å². The van der Waals surface area contributed by atoms with Crippen molar-refractivity contribution < 1.29 is 44.4 Å². The summed E-state index contributed by atoms with van der Waals surface area (Å²) in [5.41, 5.74) is 2.16. The lowest BCUT2D eigenvalue weighted by molar-refractivity contribution is -0.153. The van der Waals surface area contributed by atoms with E-state index in [1.165, 1.54) is 5.38 Å². The van der Waals surface area contributed by atoms with E-state index in [0.29, 0.717) is 0 Å². The van der Waals surface area contributed by atoms with Crippen molar-refractivity contribution in [3.05, 3.63) is 49.0 Å². The fourth-order valence-electron chi connectivity index (χ4n) is 4.40. The highest BCUT2D eigenvalue weighted by Crippen LogP contribution is 2.49. The van der Waals surface area contributed by atoms with E-state index >= 15 is 0 Å². The Labute approximate surface area is 267 Å². The van der Waals surface area contributed by atoms with Gasteiger partial charge in [0.1, 0.15) is 21.8 Å². The Balaban J connectivity index is 1.52. The maximum Gasteiger partial charge on any atom is 0.353 e. The van der Waals surface area contributed by atoms with Gasteiger partial charge in [-0.3, -0.25) is 19.3 Å². The van der Waals surface area contributed by atoms with Crippen LogP contribution >= 0.6 is 58.3 Å². The molecule has 20 heteroatoms. The molecule has 2 aliphatic rings. The average molecular weight is 698 g/mol. The molecule has 0 bridgehead atoms. The Morgan fingerprint density at radius 1 is 1.30 bits per heavy atom. The number of phenolic OH excluding ortho intramolecular Hbond substituents is 2. The van der Waals surface area contributed by atoms with Crippen molar-refractivity contribution in [1.82, 2.24) is 15.2 Å². The number of nitrogens with zero attached hydrogens (tertiary/aromatic N) is 3. The number of fused-ring (bicyclic) bond motifs is 2. The number of aliphatic carboxylic acids is 2. The van der Waals surface area contributed by atoms with Gasteiger partial charge in [0.25, 0.3) is 11.8 Å². The molecule has 2 amide bonds. The second-order valence-corrected chi connectivity index (χ2v) is 12.6. The van der Waals surface area contributed by atoms with Crippen LogP contribution in [0.15, 0.2) is 33.2 Å². The van der Waals surface area contributed by atoms with E-state index in [9.17, 15) is 39.3 Å². The third-order valence-corrected chi connectivity index (χ3v) is 10.4. The summed E-state index contributed by atoms with van der Waals surface area (Å²) in [5.74, 6) is -6.16. The van der Waals surface area contributed by atoms with Crippen LogP contribution in [-0.2, 0) is 24.0 Å². The second kappa shape index (κ2) is 11.7. The summed E-state index contributed by atoms with van der Waals surface area (Å²) >= 11 is 14.2. The SMILES string of the molecule is Nc1nc(C(=NOCC(=O)O)C(=O)N[C@]2(C=S)C(=O)N3C(C(=O)O)=C(c4cc(=O)c5cc(O)c(O)c(Cl)c5s4)CS[C@H]32)cs1. The number of benzene rings is 1. The van der Waals surface area contributed by atoms with Gasteiger partial charge in [-0.1, -0.05) is 29.0 Å². The van der Waals surface area contributed by atoms with Crippen LogP contribution in [-0.4, -0.2) is 88.4 Å². The molecule has 1 fully saturated rings. The Morgan fingerprint density at radius 3 is 2.64 bits per heavy atom. The van der Waals surface area contributed by atoms with Crippen molar-refractivity contribution in [3.63, 3.8) is 0 Å². The molecular weight excluding hydrogens is 682 g/mol. The number of thiazole rings is 1. The number of thioether (sulfide) groups is 1. The zero-order valence-corrected chi connectivity index (χ0v) is 25.5. The monoisotopic (exact) mass is 697 g/mol. The summed E-state index contributed by atoms with van der Waals surface area (Å²) in [5, 5.41) is 46.0. The first kappa shape index (κ1) is 31.1. The van der Waals surface area contributed by atoms with E-state index in [0.717, 1.165) is 56.8 Å². The molecule has 0 aliphatic carbocycles. The Hall–Kier alpha value is -4.30. The molecule has 2 aliphatic heterocycles. The number of hydrogen-bond acceptors (Lipinski definition) is 15. The van der Waals surface area contributed by atoms with Crippen LogP contribution in [0, 0.1) is 0 Å². The second-order valence-electron chi connectivity index (χ2n) is 9.00. The molecule has 1 aromatic carbocycles. The highest BCUT2D eigenvalue weighted by molar-refractivity contribution is 8.00. The number of hydrogen-bond donors (Lipinski definition) is 6. The summed E-state index contributed by atoms with van der Waals surface area (Å²) in [6, 6.07) is 2.17. The zero-order valence-electron chi connectivity index (χ0n) is 21.5. The predicted octanol–water partition coefficient (Wildman–Crippen LogP) is 1.44. The molecule has 1 saturated heterocycles. The number of nitrogens with two attached hydrogens (primary N) is 1. The number of carboxylic acid groups (broad SMARTS) is 2. The van der Waals surface area contributed by atoms with Crippen LogP contribution in [0.3, 0.4) is 0 Å². The van der Waals surface area contributed by atoms with Crippen molar-refractivity contribution >= 4 is 114 Å². The number of phenols is 2. The number of nitrogen functional groups attached to an aromatic ring is 1. The lowest BCUT2D eigenvalue weighted by Crippen LogP contribution is -2.80. The molecule has 44 heavy (non-hydrogen) atoms. The van der Waals surface area contributed by atoms with Gasteiger partial charge in [-0.05, 0) is 6.07 Å². The quantitative estimate of drug-likeness (QED) is 0.0610. The van der Waals surface area contributed by atoms with E-state index < -0.39 is 69.6 Å². The predicted molar refractivity (Wildman–Crippen MR) is 165 cm³/mol. The molecule has 5 rings (SSSR count). The molecule has 15 nitrogen and oxygen atoms in total. The highest BCUT2D eigenvalue weighted by Gasteiger charge is 2.65. The van der Waals surface area contributed by atoms with Crippen LogP contribution in [0.2, 0.25) is 5.02 Å². The topological polar surface area (TPSA) is 242 Å². The summed E-state index contributed by atoms with van der Waals surface area (Å²) in [6.45, 7) is -0.887. The van der Waals surface area contributed by atoms with Crippen LogP contribution in [0.1, 0.15) is 10.6 Å². The first-order valence-corrected chi connectivity index (χ1v) is 15.4. The molecule has 0 spiro atoms. The van der Waals surface area contributed by atoms with Crippen LogP contribution in [0.5, 0.6) is 11.5 Å². The molecule has 3 aromatic rings. The van der Waals surface area contributed by atoms with Gasteiger partial charge in [-0.2, -0.15) is 0 Å². The summed E-state index contributed by atoms with van der Waals surface area (Å²) < 4.78 is 0.0869. The highest BCUT2D eigenvalue weighted by atomic mass is 35.5. The van der Waals surface area contributed by atoms with Crippen molar-refractivity contribution in [1.29, 1.82) is 0 Å². The van der Waals surface area contributed by atoms with Crippen molar-refractivity contribution in [2.75, 3.05) is 18.1 Å². The standard InChI is InChI=1S/C24H16ClN5O10S4/c25-14-17(35)11(32)1-7-10(31)2-12(44-18(7)14)8-4-42-22-24(6-41,21(39)30(22)16(8)20(37)38)28-19(36)15(29-40-3-13(33)34)9-5-43-23(26)27-9/h1-2,5-6,22,32,35H,3-4H2,(H2,26,27)(H,28,36)(H,33,34)(H,37,38)/t22-,24+/m0/s1. The third-order valence-electron chi connectivity index (χ3n) is 6.35. The molecular formula is C24H16ClN5O10S4. The van der Waals surface area contributed by atoms with E-state index in [-0.39, 0.29) is 42.1 Å². The average Bonchev–Trinajstić information content (AvgIpc) is 3.41. The summed E-state index contributed by atoms with van der Waals surface area (Å²) in [6.07, 6.45) is 0.